The lowest BCUT2D eigenvalue weighted by Crippen LogP contribution is -2.56. The molecule has 1 saturated heterocycles. The maximum absolute atomic E-state index is 13.7. The molecule has 0 saturated carbocycles. The Balaban J connectivity index is 1.41. The Kier molecular flexibility index (Phi) is 4.53. The van der Waals surface area contributed by atoms with Gasteiger partial charge in [0.15, 0.2) is 0 Å². The van der Waals surface area contributed by atoms with Crippen LogP contribution in [0.25, 0.3) is 0 Å². The quantitative estimate of drug-likeness (QED) is 0.788. The minimum Gasteiger partial charge on any atom is -0.340 e. The zero-order chi connectivity index (χ0) is 21.0. The summed E-state index contributed by atoms with van der Waals surface area (Å²) in [4.78, 5) is 42.7. The number of fused-ring (bicyclic) bond motifs is 5. The number of carbonyl (C=O) groups excluding carboxylic acids is 2. The van der Waals surface area contributed by atoms with Gasteiger partial charge >= 0.3 is 0 Å². The van der Waals surface area contributed by atoms with Crippen molar-refractivity contribution in [3.05, 3.63) is 69.6 Å². The van der Waals surface area contributed by atoms with Crippen molar-refractivity contribution >= 4 is 11.8 Å². The Morgan fingerprint density at radius 3 is 2.57 bits per heavy atom. The van der Waals surface area contributed by atoms with Gasteiger partial charge in [0.1, 0.15) is 6.04 Å². The highest BCUT2D eigenvalue weighted by Crippen LogP contribution is 2.36. The molecule has 5 rings (SSSR count). The number of pyridine rings is 1. The largest absolute Gasteiger partial charge is 0.340 e. The number of aromatic nitrogens is 1. The molecule has 0 radical (unpaired) electrons. The highest BCUT2D eigenvalue weighted by atomic mass is 16.2. The van der Waals surface area contributed by atoms with Crippen molar-refractivity contribution < 1.29 is 9.59 Å². The van der Waals surface area contributed by atoms with Crippen molar-refractivity contribution in [3.63, 3.8) is 0 Å². The fourth-order valence-corrected chi connectivity index (χ4v) is 5.54. The number of rotatable bonds is 3. The van der Waals surface area contributed by atoms with Gasteiger partial charge in [-0.15, -0.1) is 0 Å². The Hall–Kier alpha value is -2.89. The first kappa shape index (κ1) is 19.1. The molecule has 3 aliphatic heterocycles. The van der Waals surface area contributed by atoms with Crippen LogP contribution in [0.5, 0.6) is 0 Å². The van der Waals surface area contributed by atoms with Crippen LogP contribution in [0.4, 0.5) is 0 Å². The average Bonchev–Trinajstić information content (AvgIpc) is 3.05. The summed E-state index contributed by atoms with van der Waals surface area (Å²) in [6.07, 6.45) is 1.01. The molecule has 0 aliphatic carbocycles. The van der Waals surface area contributed by atoms with E-state index in [9.17, 15) is 14.4 Å². The molecule has 0 spiro atoms. The number of carbonyl (C=O) groups is 2. The third-order valence-electron chi connectivity index (χ3n) is 6.86. The molecular weight excluding hydrogens is 378 g/mol. The van der Waals surface area contributed by atoms with Crippen LogP contribution in [0.2, 0.25) is 0 Å². The van der Waals surface area contributed by atoms with Crippen LogP contribution in [0.3, 0.4) is 0 Å². The number of nitrogens with zero attached hydrogens (tertiary/aromatic N) is 3. The van der Waals surface area contributed by atoms with Crippen molar-refractivity contribution in [3.8, 4) is 0 Å². The summed E-state index contributed by atoms with van der Waals surface area (Å²) in [5.41, 5.74) is 2.77. The molecule has 3 aliphatic rings. The van der Waals surface area contributed by atoms with Crippen LogP contribution in [0.15, 0.2) is 47.3 Å². The van der Waals surface area contributed by atoms with E-state index in [1.165, 1.54) is 0 Å². The molecule has 3 unspecified atom stereocenters. The maximum Gasteiger partial charge on any atom is 0.255 e. The molecule has 4 heterocycles. The average molecular weight is 405 g/mol. The van der Waals surface area contributed by atoms with Gasteiger partial charge in [0.2, 0.25) is 5.91 Å². The predicted molar refractivity (Wildman–Crippen MR) is 113 cm³/mol. The molecular formula is C24H27N3O3. The summed E-state index contributed by atoms with van der Waals surface area (Å²) in [5.74, 6) is 0.459. The molecule has 2 bridgehead atoms. The van der Waals surface area contributed by atoms with Crippen LogP contribution in [0, 0.1) is 11.8 Å². The van der Waals surface area contributed by atoms with Crippen LogP contribution in [0.1, 0.15) is 47.8 Å². The maximum atomic E-state index is 13.7. The topological polar surface area (TPSA) is 62.6 Å². The second-order valence-corrected chi connectivity index (χ2v) is 9.22. The highest BCUT2D eigenvalue weighted by Gasteiger charge is 2.43. The van der Waals surface area contributed by atoms with Crippen molar-refractivity contribution in [2.24, 2.45) is 11.8 Å². The summed E-state index contributed by atoms with van der Waals surface area (Å²) < 4.78 is 1.88. The second kappa shape index (κ2) is 7.11. The minimum absolute atomic E-state index is 0.0208. The van der Waals surface area contributed by atoms with E-state index in [4.69, 9.17) is 0 Å². The standard InChI is InChI=1S/C24H27N3O3/c1-15(2)22(27-14-17-6-3-4-7-19(17)23(27)29)24(30)25-11-16-10-18(13-25)20-8-5-9-21(28)26(20)12-16/h3-9,15-16,18,22H,10-14H2,1-2H3. The van der Waals surface area contributed by atoms with Crippen molar-refractivity contribution in [2.75, 3.05) is 13.1 Å². The van der Waals surface area contributed by atoms with Crippen molar-refractivity contribution in [2.45, 2.75) is 45.3 Å². The molecule has 1 aromatic carbocycles. The molecule has 6 nitrogen and oxygen atoms in total. The number of piperidine rings is 1. The highest BCUT2D eigenvalue weighted by molar-refractivity contribution is 6.01. The van der Waals surface area contributed by atoms with E-state index in [0.717, 1.165) is 17.7 Å². The van der Waals surface area contributed by atoms with Crippen LogP contribution in [-0.2, 0) is 17.9 Å². The molecule has 2 aromatic rings. The summed E-state index contributed by atoms with van der Waals surface area (Å²) in [7, 11) is 0. The summed E-state index contributed by atoms with van der Waals surface area (Å²) in [6, 6.07) is 12.6. The first-order chi connectivity index (χ1) is 14.4. The van der Waals surface area contributed by atoms with Gasteiger partial charge in [0, 0.05) is 49.4 Å². The monoisotopic (exact) mass is 405 g/mol. The third kappa shape index (κ3) is 2.97. The number of amides is 2. The molecule has 3 atom stereocenters. The normalized spacial score (nSPS) is 23.4. The van der Waals surface area contributed by atoms with E-state index in [1.807, 2.05) is 59.7 Å². The van der Waals surface area contributed by atoms with E-state index >= 15 is 0 Å². The molecule has 30 heavy (non-hydrogen) atoms. The van der Waals surface area contributed by atoms with E-state index in [1.54, 1.807) is 11.0 Å². The Bertz CT molecular complexity index is 1070. The van der Waals surface area contributed by atoms with Gasteiger partial charge < -0.3 is 14.4 Å². The Morgan fingerprint density at radius 2 is 1.80 bits per heavy atom. The Labute approximate surface area is 176 Å². The molecule has 0 N–H and O–H groups in total. The van der Waals surface area contributed by atoms with Crippen LogP contribution >= 0.6 is 0 Å². The summed E-state index contributed by atoms with van der Waals surface area (Å²) in [6.45, 7) is 6.43. The van der Waals surface area contributed by atoms with E-state index in [0.29, 0.717) is 31.7 Å². The number of hydrogen-bond donors (Lipinski definition) is 0. The van der Waals surface area contributed by atoms with Gasteiger partial charge in [-0.2, -0.15) is 0 Å². The zero-order valence-electron chi connectivity index (χ0n) is 17.5. The lowest BCUT2D eigenvalue weighted by Gasteiger charge is -2.45. The fraction of sp³-hybridized carbons (Fsp3) is 0.458. The smallest absolute Gasteiger partial charge is 0.255 e. The zero-order valence-corrected chi connectivity index (χ0v) is 17.5. The van der Waals surface area contributed by atoms with Crippen molar-refractivity contribution in [1.29, 1.82) is 0 Å². The molecule has 1 fully saturated rings. The number of benzene rings is 1. The van der Waals surface area contributed by atoms with Gasteiger partial charge in [0.25, 0.3) is 11.5 Å². The minimum atomic E-state index is -0.471. The summed E-state index contributed by atoms with van der Waals surface area (Å²) >= 11 is 0. The van der Waals surface area contributed by atoms with Gasteiger partial charge in [-0.25, -0.2) is 0 Å². The van der Waals surface area contributed by atoms with E-state index < -0.39 is 6.04 Å². The van der Waals surface area contributed by atoms with Gasteiger partial charge in [0.05, 0.1) is 0 Å². The molecule has 2 amide bonds. The fourth-order valence-electron chi connectivity index (χ4n) is 5.54. The predicted octanol–water partition coefficient (Wildman–Crippen LogP) is 2.47. The van der Waals surface area contributed by atoms with Crippen LogP contribution < -0.4 is 5.56 Å². The lowest BCUT2D eigenvalue weighted by atomic mass is 9.82. The van der Waals surface area contributed by atoms with E-state index in [2.05, 4.69) is 0 Å². The Morgan fingerprint density at radius 1 is 1.00 bits per heavy atom. The summed E-state index contributed by atoms with van der Waals surface area (Å²) in [5, 5.41) is 0. The van der Waals surface area contributed by atoms with Crippen LogP contribution in [-0.4, -0.2) is 45.3 Å². The van der Waals surface area contributed by atoms with Gasteiger partial charge in [-0.1, -0.05) is 38.1 Å². The lowest BCUT2D eigenvalue weighted by molar-refractivity contribution is -0.140. The SMILES string of the molecule is CC(C)C(C(=O)N1CC2CC(C1)c1cccc(=O)n1C2)N1Cc2ccccc2C1=O. The third-order valence-corrected chi connectivity index (χ3v) is 6.86. The number of likely N-dealkylation sites (tertiary alicyclic amines) is 1. The van der Waals surface area contributed by atoms with Gasteiger partial charge in [-0.3, -0.25) is 14.4 Å². The second-order valence-electron chi connectivity index (χ2n) is 9.22. The first-order valence-corrected chi connectivity index (χ1v) is 10.8. The first-order valence-electron chi connectivity index (χ1n) is 10.8. The van der Waals surface area contributed by atoms with E-state index in [-0.39, 0.29) is 35.1 Å². The van der Waals surface area contributed by atoms with Crippen molar-refractivity contribution in [1.82, 2.24) is 14.4 Å². The molecule has 1 aromatic heterocycles. The molecule has 6 heteroatoms. The number of hydrogen-bond acceptors (Lipinski definition) is 3. The van der Waals surface area contributed by atoms with Gasteiger partial charge in [-0.05, 0) is 36.0 Å². The molecule has 156 valence electrons.